The van der Waals surface area contributed by atoms with Crippen molar-refractivity contribution >= 4 is 13.6 Å². The lowest BCUT2D eigenvalue weighted by molar-refractivity contribution is 0.599. The molecule has 1 aromatic carbocycles. The first-order valence-corrected chi connectivity index (χ1v) is 8.57. The second kappa shape index (κ2) is 3.82. The van der Waals surface area contributed by atoms with E-state index in [9.17, 15) is 4.39 Å². The van der Waals surface area contributed by atoms with Gasteiger partial charge in [-0.05, 0) is 24.3 Å². The molecule has 2 aromatic rings. The van der Waals surface area contributed by atoms with Crippen LogP contribution in [0.2, 0.25) is 19.6 Å². The van der Waals surface area contributed by atoms with Crippen LogP contribution in [0.5, 0.6) is 0 Å². The van der Waals surface area contributed by atoms with E-state index in [1.165, 1.54) is 12.1 Å². The van der Waals surface area contributed by atoms with E-state index >= 15 is 0 Å². The van der Waals surface area contributed by atoms with Crippen LogP contribution in [0.3, 0.4) is 0 Å². The van der Waals surface area contributed by atoms with Crippen molar-refractivity contribution in [2.75, 3.05) is 0 Å². The zero-order valence-electron chi connectivity index (χ0n) is 9.49. The Morgan fingerprint density at radius 3 is 2.19 bits per heavy atom. The number of hydrogen-bond donors (Lipinski definition) is 0. The highest BCUT2D eigenvalue weighted by Gasteiger charge is 2.24. The Morgan fingerprint density at radius 2 is 1.69 bits per heavy atom. The number of halogens is 1. The summed E-state index contributed by atoms with van der Waals surface area (Å²) in [5.74, 6) is 0.186. The lowest BCUT2D eigenvalue weighted by atomic mass is 10.2. The average molecular weight is 236 g/mol. The maximum atomic E-state index is 12.7. The van der Waals surface area contributed by atoms with Crippen LogP contribution < -0.4 is 5.51 Å². The summed E-state index contributed by atoms with van der Waals surface area (Å²) in [5.41, 5.74) is 1.46. The highest BCUT2D eigenvalue weighted by atomic mass is 28.3. The van der Waals surface area contributed by atoms with Gasteiger partial charge in [0.2, 0.25) is 5.89 Å². The molecule has 0 aliphatic rings. The highest BCUT2D eigenvalue weighted by Crippen LogP contribution is 2.16. The van der Waals surface area contributed by atoms with Gasteiger partial charge in [-0.15, -0.1) is 10.2 Å². The quantitative estimate of drug-likeness (QED) is 0.752. The van der Waals surface area contributed by atoms with Gasteiger partial charge < -0.3 is 4.42 Å². The fourth-order valence-corrected chi connectivity index (χ4v) is 1.99. The average Bonchev–Trinajstić information content (AvgIpc) is 2.67. The van der Waals surface area contributed by atoms with Crippen molar-refractivity contribution in [2.45, 2.75) is 19.6 Å². The molecule has 5 heteroatoms. The third-order valence-electron chi connectivity index (χ3n) is 2.16. The van der Waals surface area contributed by atoms with Gasteiger partial charge in [-0.1, -0.05) is 19.6 Å². The van der Waals surface area contributed by atoms with Gasteiger partial charge in [0.15, 0.2) is 13.6 Å². The summed E-state index contributed by atoms with van der Waals surface area (Å²) in [6, 6.07) is 6.04. The molecule has 3 nitrogen and oxygen atoms in total. The molecule has 0 bridgehead atoms. The van der Waals surface area contributed by atoms with Gasteiger partial charge in [0.1, 0.15) is 5.82 Å². The number of nitrogens with zero attached hydrogens (tertiary/aromatic N) is 2. The van der Waals surface area contributed by atoms with Gasteiger partial charge in [0.25, 0.3) is 0 Å². The Labute approximate surface area is 94.3 Å². The molecule has 1 heterocycles. The molecule has 0 atom stereocenters. The third kappa shape index (κ3) is 2.19. The van der Waals surface area contributed by atoms with Crippen molar-refractivity contribution in [1.29, 1.82) is 0 Å². The van der Waals surface area contributed by atoms with E-state index in [-0.39, 0.29) is 5.82 Å². The Kier molecular flexibility index (Phi) is 2.63. The van der Waals surface area contributed by atoms with Crippen molar-refractivity contribution in [2.24, 2.45) is 0 Å². The van der Waals surface area contributed by atoms with Crippen LogP contribution >= 0.6 is 0 Å². The molecular weight excluding hydrogens is 223 g/mol. The molecule has 84 valence electrons. The van der Waals surface area contributed by atoms with Crippen molar-refractivity contribution in [3.63, 3.8) is 0 Å². The van der Waals surface area contributed by atoms with Crippen molar-refractivity contribution < 1.29 is 8.81 Å². The zero-order chi connectivity index (χ0) is 11.8. The van der Waals surface area contributed by atoms with Crippen LogP contribution in [-0.2, 0) is 0 Å². The Balaban J connectivity index is 2.35. The minimum atomic E-state index is -1.57. The van der Waals surface area contributed by atoms with Crippen LogP contribution in [0.25, 0.3) is 11.5 Å². The summed E-state index contributed by atoms with van der Waals surface area (Å²) in [7, 11) is -1.57. The number of aromatic nitrogens is 2. The standard InChI is InChI=1S/C11H13FN2OSi/c1-16(2,3)11-14-13-10(15-11)8-4-6-9(12)7-5-8/h4-7H,1-3H3. The van der Waals surface area contributed by atoms with Crippen LogP contribution in [0.1, 0.15) is 0 Å². The van der Waals surface area contributed by atoms with E-state index in [0.29, 0.717) is 11.4 Å². The first-order chi connectivity index (χ1) is 7.47. The Hall–Kier alpha value is -1.49. The Bertz CT molecular complexity index is 487. The Morgan fingerprint density at radius 1 is 1.06 bits per heavy atom. The summed E-state index contributed by atoms with van der Waals surface area (Å²) < 4.78 is 18.3. The van der Waals surface area contributed by atoms with E-state index in [2.05, 4.69) is 29.8 Å². The number of benzene rings is 1. The monoisotopic (exact) mass is 236 g/mol. The van der Waals surface area contributed by atoms with Crippen LogP contribution in [-0.4, -0.2) is 18.3 Å². The second-order valence-corrected chi connectivity index (χ2v) is 9.60. The van der Waals surface area contributed by atoms with E-state index in [4.69, 9.17) is 4.42 Å². The molecule has 0 N–H and O–H groups in total. The molecule has 1 aromatic heterocycles. The first kappa shape index (κ1) is 11.0. The van der Waals surface area contributed by atoms with Crippen LogP contribution in [0.15, 0.2) is 28.7 Å². The normalized spacial score (nSPS) is 11.8. The van der Waals surface area contributed by atoms with E-state index in [0.717, 1.165) is 5.56 Å². The van der Waals surface area contributed by atoms with Crippen molar-refractivity contribution in [3.05, 3.63) is 30.1 Å². The van der Waals surface area contributed by atoms with Crippen molar-refractivity contribution in [3.8, 4) is 11.5 Å². The fourth-order valence-electron chi connectivity index (χ4n) is 1.24. The second-order valence-electron chi connectivity index (χ2n) is 4.67. The number of hydrogen-bond acceptors (Lipinski definition) is 3. The minimum absolute atomic E-state index is 0.270. The van der Waals surface area contributed by atoms with E-state index in [1.807, 2.05) is 0 Å². The molecule has 0 aliphatic carbocycles. The molecule has 0 aliphatic heterocycles. The molecule has 0 radical (unpaired) electrons. The van der Waals surface area contributed by atoms with Gasteiger partial charge in [-0.25, -0.2) is 4.39 Å². The lowest BCUT2D eigenvalue weighted by Crippen LogP contribution is -2.38. The number of rotatable bonds is 2. The summed E-state index contributed by atoms with van der Waals surface area (Å²) in [6.45, 7) is 6.40. The topological polar surface area (TPSA) is 38.9 Å². The molecule has 0 saturated carbocycles. The molecule has 0 amide bonds. The zero-order valence-corrected chi connectivity index (χ0v) is 10.5. The summed E-state index contributed by atoms with van der Waals surface area (Å²) in [4.78, 5) is 0. The maximum absolute atomic E-state index is 12.7. The smallest absolute Gasteiger partial charge is 0.247 e. The molecule has 0 saturated heterocycles. The van der Waals surface area contributed by atoms with Crippen molar-refractivity contribution in [1.82, 2.24) is 10.2 Å². The predicted molar refractivity (Wildman–Crippen MR) is 62.7 cm³/mol. The van der Waals surface area contributed by atoms with E-state index in [1.54, 1.807) is 12.1 Å². The van der Waals surface area contributed by atoms with Crippen LogP contribution in [0.4, 0.5) is 4.39 Å². The van der Waals surface area contributed by atoms with Gasteiger partial charge in [0, 0.05) is 5.56 Å². The summed E-state index contributed by atoms with van der Waals surface area (Å²) >= 11 is 0. The molecule has 0 spiro atoms. The van der Waals surface area contributed by atoms with Gasteiger partial charge in [-0.2, -0.15) is 0 Å². The summed E-state index contributed by atoms with van der Waals surface area (Å²) in [5, 5.41) is 8.02. The van der Waals surface area contributed by atoms with Gasteiger partial charge in [-0.3, -0.25) is 0 Å². The van der Waals surface area contributed by atoms with Crippen LogP contribution in [0, 0.1) is 5.82 Å². The molecular formula is C11H13FN2OSi. The summed E-state index contributed by atoms with van der Waals surface area (Å²) in [6.07, 6.45) is 0. The van der Waals surface area contributed by atoms with Gasteiger partial charge in [0.05, 0.1) is 0 Å². The first-order valence-electron chi connectivity index (χ1n) is 5.07. The molecule has 16 heavy (non-hydrogen) atoms. The SMILES string of the molecule is C[Si](C)(C)c1nnc(-c2ccc(F)cc2)o1. The van der Waals surface area contributed by atoms with Gasteiger partial charge >= 0.3 is 0 Å². The maximum Gasteiger partial charge on any atom is 0.247 e. The van der Waals surface area contributed by atoms with E-state index < -0.39 is 8.07 Å². The minimum Gasteiger partial charge on any atom is -0.426 e. The lowest BCUT2D eigenvalue weighted by Gasteiger charge is -2.07. The largest absolute Gasteiger partial charge is 0.426 e. The predicted octanol–water partition coefficient (Wildman–Crippen LogP) is 2.42. The molecule has 0 unspecified atom stereocenters. The fraction of sp³-hybridized carbons (Fsp3) is 0.273. The third-order valence-corrected chi connectivity index (χ3v) is 3.64. The highest BCUT2D eigenvalue weighted by molar-refractivity contribution is 6.87. The molecule has 2 rings (SSSR count). The molecule has 0 fully saturated rings.